The third-order valence-electron chi connectivity index (χ3n) is 0. The van der Waals surface area contributed by atoms with Crippen LogP contribution in [0.2, 0.25) is 0 Å². The molecule has 0 aromatic heterocycles. The van der Waals surface area contributed by atoms with Crippen molar-refractivity contribution in [3.8, 4) is 39.9 Å². The molecule has 7 heteroatoms. The van der Waals surface area contributed by atoms with Crippen molar-refractivity contribution in [3.63, 3.8) is 0 Å². The van der Waals surface area contributed by atoms with E-state index in [0.717, 1.165) is 0 Å². The Hall–Kier alpha value is -0.872. The second-order valence-corrected chi connectivity index (χ2v) is 0. The number of hydrogen-bond donors (Lipinski definition) is 0. The average Bonchev–Trinajstić information content (AvgIpc) is 2.33. The molecule has 13 heavy (non-hydrogen) atoms. The van der Waals surface area contributed by atoms with Crippen molar-refractivity contribution < 1.29 is 49.0 Å². The largest absolute Gasteiger partial charge is 0 e. The van der Waals surface area contributed by atoms with E-state index in [1.165, 1.54) is 0 Å². The van der Waals surface area contributed by atoms with Gasteiger partial charge in [-0.25, -0.2) is 0 Å². The van der Waals surface area contributed by atoms with Crippen LogP contribution in [0.3, 0.4) is 0 Å². The Balaban J connectivity index is -0.00000000655. The third kappa shape index (κ3) is 1220. The molecule has 6 nitrogen and oxygen atoms in total. The summed E-state index contributed by atoms with van der Waals surface area (Å²) in [4.78, 5) is 0. The maximum absolute atomic E-state index is 7.75. The summed E-state index contributed by atoms with van der Waals surface area (Å²) in [5.41, 5.74) is 0. The molecule has 0 rings (SSSR count). The first kappa shape index (κ1) is 57.1. The van der Waals surface area contributed by atoms with Crippen LogP contribution < -0.4 is 0 Å². The van der Waals surface area contributed by atoms with Crippen molar-refractivity contribution in [2.24, 2.45) is 0 Å². The molecule has 0 aromatic carbocycles. The minimum atomic E-state index is 0. The number of hydrogen-bond acceptors (Lipinski definition) is 0. The van der Waals surface area contributed by atoms with Crippen molar-refractivity contribution >= 4 is 0 Å². The SMILES string of the molecule is C#[O+].C#[O+].C#[O+].C#[O+].C#[O+].C#[O+].[Mo]. The van der Waals surface area contributed by atoms with E-state index in [-0.39, 0.29) is 21.1 Å². The van der Waals surface area contributed by atoms with Crippen molar-refractivity contribution in [1.29, 1.82) is 0 Å². The Labute approximate surface area is 89.3 Å². The molecule has 0 radical (unpaired) electrons. The molecule has 0 saturated carbocycles. The van der Waals surface area contributed by atoms with E-state index in [2.05, 4.69) is 39.9 Å². The molecule has 0 unspecified atom stereocenters. The first-order chi connectivity index (χ1) is 6.00. The van der Waals surface area contributed by atoms with Crippen molar-refractivity contribution in [2.45, 2.75) is 0 Å². The quantitative estimate of drug-likeness (QED) is 0.436. The summed E-state index contributed by atoms with van der Waals surface area (Å²) in [6.45, 7) is 19.5. The fraction of sp³-hybridized carbons (Fsp3) is 0. The molecule has 0 heterocycles. The third-order valence-corrected chi connectivity index (χ3v) is 0. The van der Waals surface area contributed by atoms with Gasteiger partial charge in [0.25, 0.3) is 0 Å². The Morgan fingerprint density at radius 2 is 0.308 bits per heavy atom. The van der Waals surface area contributed by atoms with Crippen molar-refractivity contribution in [1.82, 2.24) is 0 Å². The minimum absolute atomic E-state index is 0. The molecule has 0 amide bonds. The summed E-state index contributed by atoms with van der Waals surface area (Å²) in [6.07, 6.45) is 0. The van der Waals surface area contributed by atoms with Gasteiger partial charge >= 0.3 is 67.8 Å². The normalized spacial score (nSPS) is 0.923. The maximum atomic E-state index is 7.75. The van der Waals surface area contributed by atoms with Gasteiger partial charge in [0, 0.05) is 21.1 Å². The molecule has 0 aliphatic carbocycles. The predicted octanol–water partition coefficient (Wildman–Crippen LogP) is 0.0329. The zero-order valence-corrected chi connectivity index (χ0v) is 8.33. The van der Waals surface area contributed by atoms with E-state index in [1.54, 1.807) is 0 Å². The Bertz CT molecular complexity index is 92.1. The van der Waals surface area contributed by atoms with Crippen LogP contribution in [0, 0.1) is 39.9 Å². The van der Waals surface area contributed by atoms with E-state index in [9.17, 15) is 0 Å². The van der Waals surface area contributed by atoms with Gasteiger partial charge in [-0.3, -0.25) is 0 Å². The molecular formula is C6H6MoO6+6. The van der Waals surface area contributed by atoms with Crippen LogP contribution in [0.5, 0.6) is 0 Å². The van der Waals surface area contributed by atoms with Gasteiger partial charge in [0.2, 0.25) is 0 Å². The molecule has 0 bridgehead atoms. The van der Waals surface area contributed by atoms with E-state index in [1.807, 2.05) is 0 Å². The van der Waals surface area contributed by atoms with Gasteiger partial charge < -0.3 is 0 Å². The Morgan fingerprint density at radius 1 is 0.308 bits per heavy atom. The zero-order chi connectivity index (χ0) is 12.0. The summed E-state index contributed by atoms with van der Waals surface area (Å²) in [6, 6.07) is 0. The molecule has 0 aliphatic heterocycles. The van der Waals surface area contributed by atoms with Crippen molar-refractivity contribution in [3.05, 3.63) is 0 Å². The standard InChI is InChI=1S/6CHO.Mo/c6*1-2;/h6*1H;/q6*+1;. The molecule has 0 atom stereocenters. The van der Waals surface area contributed by atoms with Gasteiger partial charge in [0.05, 0.1) is 0 Å². The summed E-state index contributed by atoms with van der Waals surface area (Å²) in [5, 5.41) is 0. The molecule has 0 aromatic rings. The smallest absolute Gasteiger partial charge is 0 e. The van der Waals surface area contributed by atoms with Crippen LogP contribution in [0.15, 0.2) is 0 Å². The summed E-state index contributed by atoms with van der Waals surface area (Å²) >= 11 is 0. The molecule has 0 fully saturated rings. The van der Waals surface area contributed by atoms with E-state index in [0.29, 0.717) is 0 Å². The fourth-order valence-corrected chi connectivity index (χ4v) is 0. The Morgan fingerprint density at radius 3 is 0.308 bits per heavy atom. The zero-order valence-electron chi connectivity index (χ0n) is 6.32. The second kappa shape index (κ2) is 1500. The van der Waals surface area contributed by atoms with Gasteiger partial charge in [-0.15, -0.1) is 0 Å². The molecule has 0 aliphatic rings. The monoisotopic (exact) mass is 272 g/mol. The van der Waals surface area contributed by atoms with Gasteiger partial charge in [0.1, 0.15) is 0 Å². The summed E-state index contributed by atoms with van der Waals surface area (Å²) in [7, 11) is 0. The topological polar surface area (TPSA) is 119 Å². The fourth-order valence-electron chi connectivity index (χ4n) is 0. The number of rotatable bonds is 0. The van der Waals surface area contributed by atoms with Gasteiger partial charge in [0.15, 0.2) is 0 Å². The maximum Gasteiger partial charge on any atom is 0 e. The summed E-state index contributed by atoms with van der Waals surface area (Å²) < 4.78 is 46.5. The molecule has 0 spiro atoms. The summed E-state index contributed by atoms with van der Waals surface area (Å²) in [5.74, 6) is 0. The molecule has 66 valence electrons. The van der Waals surface area contributed by atoms with E-state index >= 15 is 0 Å². The first-order valence-corrected chi connectivity index (χ1v) is 1.41. The van der Waals surface area contributed by atoms with E-state index < -0.39 is 0 Å². The van der Waals surface area contributed by atoms with Gasteiger partial charge in [-0.2, -0.15) is 0 Å². The van der Waals surface area contributed by atoms with Crippen LogP contribution in [-0.4, -0.2) is 0 Å². The second-order valence-electron chi connectivity index (χ2n) is 0. The van der Waals surface area contributed by atoms with Gasteiger partial charge in [-0.1, -0.05) is 0 Å². The first-order valence-electron chi connectivity index (χ1n) is 1.41. The van der Waals surface area contributed by atoms with Crippen LogP contribution >= 0.6 is 0 Å². The average molecular weight is 270 g/mol. The van der Waals surface area contributed by atoms with E-state index in [4.69, 9.17) is 27.9 Å². The molecule has 0 saturated heterocycles. The van der Waals surface area contributed by atoms with Crippen LogP contribution in [0.1, 0.15) is 0 Å². The molecule has 0 N–H and O–H groups in total. The van der Waals surface area contributed by atoms with Crippen molar-refractivity contribution in [2.75, 3.05) is 0 Å². The predicted molar refractivity (Wildman–Crippen MR) is 33.8 cm³/mol. The van der Waals surface area contributed by atoms with Crippen LogP contribution in [0.25, 0.3) is 0 Å². The minimum Gasteiger partial charge on any atom is 0 e. The van der Waals surface area contributed by atoms with Crippen LogP contribution in [-0.2, 0) is 49.0 Å². The van der Waals surface area contributed by atoms with Crippen LogP contribution in [0.4, 0.5) is 0 Å². The van der Waals surface area contributed by atoms with Gasteiger partial charge in [-0.05, 0) is 0 Å². The molecular weight excluding hydrogens is 264 g/mol. The Kier molecular flexibility index (Phi) is 6600.